The first-order valence-corrected chi connectivity index (χ1v) is 7.80. The van der Waals surface area contributed by atoms with Gasteiger partial charge < -0.3 is 10.2 Å². The molecule has 3 rings (SSSR count). The maximum atomic E-state index is 4.26. The quantitative estimate of drug-likeness (QED) is 0.889. The maximum absolute atomic E-state index is 4.26. The Morgan fingerprint density at radius 1 is 1.43 bits per heavy atom. The number of piperidine rings is 1. The number of rotatable bonds is 5. The number of tetrazole rings is 1. The van der Waals surface area contributed by atoms with Crippen molar-refractivity contribution >= 4 is 11.5 Å². The van der Waals surface area contributed by atoms with Gasteiger partial charge in [0.15, 0.2) is 11.5 Å². The van der Waals surface area contributed by atoms with E-state index < -0.39 is 0 Å². The van der Waals surface area contributed by atoms with E-state index in [9.17, 15) is 0 Å². The highest BCUT2D eigenvalue weighted by Crippen LogP contribution is 2.24. The zero-order valence-corrected chi connectivity index (χ0v) is 12.7. The van der Waals surface area contributed by atoms with Crippen LogP contribution in [0.25, 0.3) is 5.65 Å². The minimum atomic E-state index is 0.536. The molecule has 2 atom stereocenters. The molecule has 0 saturated carbocycles. The summed E-state index contributed by atoms with van der Waals surface area (Å²) in [7, 11) is 0. The van der Waals surface area contributed by atoms with Crippen molar-refractivity contribution in [3.8, 4) is 0 Å². The first-order valence-electron chi connectivity index (χ1n) is 7.80. The smallest absolute Gasteiger partial charge is 0.199 e. The van der Waals surface area contributed by atoms with E-state index in [1.807, 2.05) is 6.20 Å². The minimum Gasteiger partial charge on any atom is -0.355 e. The van der Waals surface area contributed by atoms with Crippen LogP contribution in [0.3, 0.4) is 0 Å². The lowest BCUT2D eigenvalue weighted by Gasteiger charge is -2.37. The first-order chi connectivity index (χ1) is 10.3. The van der Waals surface area contributed by atoms with Crippen molar-refractivity contribution in [1.29, 1.82) is 0 Å². The lowest BCUT2D eigenvalue weighted by Crippen LogP contribution is -2.45. The van der Waals surface area contributed by atoms with E-state index >= 15 is 0 Å². The summed E-state index contributed by atoms with van der Waals surface area (Å²) in [6, 6.07) is 0.536. The summed E-state index contributed by atoms with van der Waals surface area (Å²) >= 11 is 0. The molecular weight excluding hydrogens is 266 g/mol. The topological polar surface area (TPSA) is 71.2 Å². The van der Waals surface area contributed by atoms with E-state index in [0.29, 0.717) is 17.6 Å². The van der Waals surface area contributed by atoms with Gasteiger partial charge in [-0.25, -0.2) is 0 Å². The molecule has 0 spiro atoms. The number of fused-ring (bicyclic) bond motifs is 1. The summed E-state index contributed by atoms with van der Waals surface area (Å²) in [5.74, 6) is 1.64. The zero-order valence-electron chi connectivity index (χ0n) is 12.7. The number of aromatic nitrogens is 5. The number of hydrogen-bond acceptors (Lipinski definition) is 6. The van der Waals surface area contributed by atoms with Crippen LogP contribution in [0, 0.1) is 5.92 Å². The van der Waals surface area contributed by atoms with Crippen molar-refractivity contribution in [3.63, 3.8) is 0 Å². The molecule has 1 fully saturated rings. The highest BCUT2D eigenvalue weighted by Gasteiger charge is 2.26. The van der Waals surface area contributed by atoms with Gasteiger partial charge in [-0.3, -0.25) is 4.98 Å². The van der Waals surface area contributed by atoms with Crippen molar-refractivity contribution in [2.24, 2.45) is 5.92 Å². The molecule has 7 nitrogen and oxygen atoms in total. The monoisotopic (exact) mass is 289 g/mol. The molecule has 1 saturated heterocycles. The normalized spacial score (nSPS) is 20.9. The molecule has 0 bridgehead atoms. The van der Waals surface area contributed by atoms with Gasteiger partial charge in [0.2, 0.25) is 0 Å². The van der Waals surface area contributed by atoms with Crippen molar-refractivity contribution in [2.45, 2.75) is 39.2 Å². The SMILES string of the molecule is CCCNC(C)C1CCCN(c2cncc3nnnn23)C1. The molecule has 0 amide bonds. The Labute approximate surface area is 124 Å². The second-order valence-electron chi connectivity index (χ2n) is 5.81. The van der Waals surface area contributed by atoms with E-state index in [1.165, 1.54) is 19.3 Å². The van der Waals surface area contributed by atoms with Gasteiger partial charge in [0, 0.05) is 19.1 Å². The average molecular weight is 289 g/mol. The predicted molar refractivity (Wildman–Crippen MR) is 81.3 cm³/mol. The summed E-state index contributed by atoms with van der Waals surface area (Å²) < 4.78 is 1.78. The first kappa shape index (κ1) is 14.2. The van der Waals surface area contributed by atoms with Crippen LogP contribution >= 0.6 is 0 Å². The molecule has 1 N–H and O–H groups in total. The third kappa shape index (κ3) is 2.97. The summed E-state index contributed by atoms with van der Waals surface area (Å²) in [6.07, 6.45) is 7.19. The summed E-state index contributed by atoms with van der Waals surface area (Å²) in [4.78, 5) is 6.61. The van der Waals surface area contributed by atoms with Gasteiger partial charge in [0.25, 0.3) is 0 Å². The molecule has 7 heteroatoms. The molecule has 114 valence electrons. The van der Waals surface area contributed by atoms with E-state index in [4.69, 9.17) is 0 Å². The molecular formula is C14H23N7. The molecule has 0 aromatic carbocycles. The Kier molecular flexibility index (Phi) is 4.28. The number of nitrogens with zero attached hydrogens (tertiary/aromatic N) is 6. The van der Waals surface area contributed by atoms with E-state index in [-0.39, 0.29) is 0 Å². The Morgan fingerprint density at radius 2 is 2.33 bits per heavy atom. The van der Waals surface area contributed by atoms with Crippen LogP contribution in [0.2, 0.25) is 0 Å². The number of nitrogens with one attached hydrogen (secondary N) is 1. The standard InChI is InChI=1S/C14H23N7/c1-3-6-16-11(2)12-5-4-7-20(10-12)14-9-15-8-13-17-18-19-21(13)14/h8-9,11-12,16H,3-7,10H2,1-2H3. The van der Waals surface area contributed by atoms with Crippen LogP contribution in [0.4, 0.5) is 5.82 Å². The van der Waals surface area contributed by atoms with Crippen LogP contribution in [-0.4, -0.2) is 50.7 Å². The zero-order chi connectivity index (χ0) is 14.7. The third-order valence-corrected chi connectivity index (χ3v) is 4.30. The van der Waals surface area contributed by atoms with Crippen LogP contribution in [0.1, 0.15) is 33.1 Å². The van der Waals surface area contributed by atoms with Crippen molar-refractivity contribution in [3.05, 3.63) is 12.4 Å². The second-order valence-corrected chi connectivity index (χ2v) is 5.81. The van der Waals surface area contributed by atoms with Gasteiger partial charge in [-0.15, -0.1) is 5.10 Å². The molecule has 3 heterocycles. The maximum Gasteiger partial charge on any atom is 0.199 e. The minimum absolute atomic E-state index is 0.536. The van der Waals surface area contributed by atoms with E-state index in [1.54, 1.807) is 10.7 Å². The van der Waals surface area contributed by atoms with Gasteiger partial charge in [-0.1, -0.05) is 6.92 Å². The van der Waals surface area contributed by atoms with Crippen LogP contribution in [-0.2, 0) is 0 Å². The Morgan fingerprint density at radius 3 is 3.19 bits per heavy atom. The fourth-order valence-corrected chi connectivity index (χ4v) is 3.04. The Bertz CT molecular complexity index is 581. The highest BCUT2D eigenvalue weighted by molar-refractivity contribution is 5.46. The van der Waals surface area contributed by atoms with Crippen molar-refractivity contribution in [1.82, 2.24) is 30.3 Å². The van der Waals surface area contributed by atoms with Crippen LogP contribution in [0.15, 0.2) is 12.4 Å². The van der Waals surface area contributed by atoms with Crippen LogP contribution < -0.4 is 10.2 Å². The molecule has 0 radical (unpaired) electrons. The molecule has 1 aliphatic rings. The van der Waals surface area contributed by atoms with Crippen LogP contribution in [0.5, 0.6) is 0 Å². The summed E-state index contributed by atoms with van der Waals surface area (Å²) in [6.45, 7) is 7.65. The van der Waals surface area contributed by atoms with Crippen molar-refractivity contribution in [2.75, 3.05) is 24.5 Å². The molecule has 21 heavy (non-hydrogen) atoms. The highest BCUT2D eigenvalue weighted by atomic mass is 15.5. The summed E-state index contributed by atoms with van der Waals surface area (Å²) in [5, 5.41) is 15.4. The molecule has 0 aliphatic carbocycles. The van der Waals surface area contributed by atoms with E-state index in [0.717, 1.165) is 25.5 Å². The van der Waals surface area contributed by atoms with Gasteiger partial charge >= 0.3 is 0 Å². The van der Waals surface area contributed by atoms with Gasteiger partial charge in [-0.2, -0.15) is 4.52 Å². The van der Waals surface area contributed by atoms with Gasteiger partial charge in [-0.05, 0) is 49.1 Å². The second kappa shape index (κ2) is 6.34. The lowest BCUT2D eigenvalue weighted by molar-refractivity contribution is 0.319. The third-order valence-electron chi connectivity index (χ3n) is 4.30. The van der Waals surface area contributed by atoms with Gasteiger partial charge in [0.05, 0.1) is 12.4 Å². The number of anilines is 1. The van der Waals surface area contributed by atoms with Gasteiger partial charge in [0.1, 0.15) is 0 Å². The van der Waals surface area contributed by atoms with Crippen molar-refractivity contribution < 1.29 is 0 Å². The van der Waals surface area contributed by atoms with E-state index in [2.05, 4.69) is 44.6 Å². The Hall–Kier alpha value is -1.76. The largest absolute Gasteiger partial charge is 0.355 e. The molecule has 2 unspecified atom stereocenters. The summed E-state index contributed by atoms with van der Waals surface area (Å²) in [5.41, 5.74) is 0.701. The average Bonchev–Trinajstić information content (AvgIpc) is 3.01. The molecule has 2 aromatic rings. The fourth-order valence-electron chi connectivity index (χ4n) is 3.04. The predicted octanol–water partition coefficient (Wildman–Crippen LogP) is 1.12. The lowest BCUT2D eigenvalue weighted by atomic mass is 9.91. The fraction of sp³-hybridized carbons (Fsp3) is 0.714. The Balaban J connectivity index is 1.75. The number of hydrogen-bond donors (Lipinski definition) is 1. The molecule has 2 aromatic heterocycles. The molecule has 1 aliphatic heterocycles.